The number of nitrogens with one attached hydrogen (secondary N) is 2. The minimum absolute atomic E-state index is 0.0185. The molecular formula is C19H17N3O4. The van der Waals surface area contributed by atoms with Gasteiger partial charge in [0, 0.05) is 25.2 Å². The number of nitrogens with zero attached hydrogens (tertiary/aromatic N) is 1. The van der Waals surface area contributed by atoms with Crippen molar-refractivity contribution in [2.75, 3.05) is 10.6 Å². The first-order chi connectivity index (χ1) is 12.4. The van der Waals surface area contributed by atoms with Crippen molar-refractivity contribution in [2.24, 2.45) is 0 Å². The molecule has 132 valence electrons. The molecule has 2 aromatic rings. The van der Waals surface area contributed by atoms with Crippen LogP contribution in [0.5, 0.6) is 0 Å². The Bertz CT molecular complexity index is 901. The lowest BCUT2D eigenvalue weighted by atomic mass is 10.1. The molecule has 3 rings (SSSR count). The number of fused-ring (bicyclic) bond motifs is 1. The Morgan fingerprint density at radius 2 is 1.46 bits per heavy atom. The predicted octanol–water partition coefficient (Wildman–Crippen LogP) is 2.40. The minimum Gasteiger partial charge on any atom is -0.326 e. The van der Waals surface area contributed by atoms with Crippen LogP contribution < -0.4 is 10.6 Å². The highest BCUT2D eigenvalue weighted by Crippen LogP contribution is 2.28. The number of amides is 4. The van der Waals surface area contributed by atoms with Gasteiger partial charge in [-0.05, 0) is 35.9 Å². The normalized spacial score (nSPS) is 12.8. The fraction of sp³-hybridized carbons (Fsp3) is 0.158. The monoisotopic (exact) mass is 351 g/mol. The summed E-state index contributed by atoms with van der Waals surface area (Å²) in [5, 5.41) is 5.33. The van der Waals surface area contributed by atoms with Crippen molar-refractivity contribution in [3.8, 4) is 0 Å². The number of carbonyl (C=O) groups excluding carboxylic acids is 4. The van der Waals surface area contributed by atoms with Crippen LogP contribution in [0.2, 0.25) is 0 Å². The van der Waals surface area contributed by atoms with Crippen molar-refractivity contribution in [3.63, 3.8) is 0 Å². The molecule has 7 heteroatoms. The average Bonchev–Trinajstić information content (AvgIpc) is 2.82. The van der Waals surface area contributed by atoms with E-state index in [1.807, 2.05) is 0 Å². The van der Waals surface area contributed by atoms with Crippen molar-refractivity contribution in [1.29, 1.82) is 0 Å². The summed E-state index contributed by atoms with van der Waals surface area (Å²) < 4.78 is 0. The smallest absolute Gasteiger partial charge is 0.261 e. The van der Waals surface area contributed by atoms with Gasteiger partial charge in [0.25, 0.3) is 11.8 Å². The fourth-order valence-electron chi connectivity index (χ4n) is 2.87. The van der Waals surface area contributed by atoms with Gasteiger partial charge in [-0.3, -0.25) is 24.1 Å². The second kappa shape index (κ2) is 6.79. The van der Waals surface area contributed by atoms with Gasteiger partial charge < -0.3 is 10.6 Å². The maximum Gasteiger partial charge on any atom is 0.261 e. The quantitative estimate of drug-likeness (QED) is 0.827. The summed E-state index contributed by atoms with van der Waals surface area (Å²) in [5.41, 5.74) is 2.25. The lowest BCUT2D eigenvalue weighted by molar-refractivity contribution is -0.115. The van der Waals surface area contributed by atoms with E-state index in [1.54, 1.807) is 42.5 Å². The van der Waals surface area contributed by atoms with E-state index in [0.717, 1.165) is 4.90 Å². The molecule has 0 saturated heterocycles. The second-order valence-electron chi connectivity index (χ2n) is 5.98. The van der Waals surface area contributed by atoms with Crippen LogP contribution in [0, 0.1) is 0 Å². The summed E-state index contributed by atoms with van der Waals surface area (Å²) in [5.74, 6) is -1.29. The fourth-order valence-corrected chi connectivity index (χ4v) is 2.87. The molecule has 0 radical (unpaired) electrons. The zero-order chi connectivity index (χ0) is 18.8. The van der Waals surface area contributed by atoms with Crippen molar-refractivity contribution in [2.45, 2.75) is 20.4 Å². The van der Waals surface area contributed by atoms with Crippen molar-refractivity contribution >= 4 is 35.0 Å². The Morgan fingerprint density at radius 3 is 2.00 bits per heavy atom. The van der Waals surface area contributed by atoms with E-state index in [4.69, 9.17) is 0 Å². The van der Waals surface area contributed by atoms with Crippen LogP contribution in [0.1, 0.15) is 40.1 Å². The van der Waals surface area contributed by atoms with Crippen LogP contribution in [0.4, 0.5) is 11.4 Å². The molecule has 0 aliphatic carbocycles. The van der Waals surface area contributed by atoms with Gasteiger partial charge in [-0.15, -0.1) is 0 Å². The molecule has 0 saturated carbocycles. The van der Waals surface area contributed by atoms with E-state index in [2.05, 4.69) is 10.6 Å². The first kappa shape index (κ1) is 17.3. The SMILES string of the molecule is CC(=O)Nc1ccc(NC(C)=O)c(CN2C(=O)c3ccccc3C2=O)c1. The number of anilines is 2. The largest absolute Gasteiger partial charge is 0.326 e. The zero-order valence-electron chi connectivity index (χ0n) is 14.3. The number of imide groups is 1. The van der Waals surface area contributed by atoms with E-state index < -0.39 is 0 Å². The van der Waals surface area contributed by atoms with Crippen LogP contribution in [0.3, 0.4) is 0 Å². The number of carbonyl (C=O) groups is 4. The molecule has 1 aliphatic heterocycles. The van der Waals surface area contributed by atoms with Crippen LogP contribution in [-0.4, -0.2) is 28.5 Å². The van der Waals surface area contributed by atoms with Gasteiger partial charge in [0.1, 0.15) is 0 Å². The third-order valence-electron chi connectivity index (χ3n) is 3.94. The van der Waals surface area contributed by atoms with E-state index in [-0.39, 0.29) is 30.2 Å². The zero-order valence-corrected chi connectivity index (χ0v) is 14.3. The Morgan fingerprint density at radius 1 is 0.885 bits per heavy atom. The van der Waals surface area contributed by atoms with Crippen LogP contribution in [0.25, 0.3) is 0 Å². The van der Waals surface area contributed by atoms with Gasteiger partial charge in [0.05, 0.1) is 17.7 Å². The first-order valence-electron chi connectivity index (χ1n) is 8.00. The van der Waals surface area contributed by atoms with Crippen LogP contribution >= 0.6 is 0 Å². The molecule has 1 heterocycles. The summed E-state index contributed by atoms with van der Waals surface area (Å²) in [6.07, 6.45) is 0. The van der Waals surface area contributed by atoms with Gasteiger partial charge in [-0.25, -0.2) is 0 Å². The standard InChI is InChI=1S/C19H17N3O4/c1-11(23)20-14-7-8-17(21-12(2)24)13(9-14)10-22-18(25)15-5-3-4-6-16(15)19(22)26/h3-9H,10H2,1-2H3,(H,20,23)(H,21,24). The topological polar surface area (TPSA) is 95.6 Å². The molecule has 2 N–H and O–H groups in total. The maximum atomic E-state index is 12.6. The van der Waals surface area contributed by atoms with E-state index in [1.165, 1.54) is 13.8 Å². The molecule has 4 amide bonds. The lowest BCUT2D eigenvalue weighted by Gasteiger charge is -2.18. The van der Waals surface area contributed by atoms with Gasteiger partial charge >= 0.3 is 0 Å². The molecule has 0 fully saturated rings. The summed E-state index contributed by atoms with van der Waals surface area (Å²) >= 11 is 0. The van der Waals surface area contributed by atoms with Crippen molar-refractivity contribution in [3.05, 3.63) is 59.2 Å². The average molecular weight is 351 g/mol. The summed E-state index contributed by atoms with van der Waals surface area (Å²) in [7, 11) is 0. The molecule has 1 aliphatic rings. The van der Waals surface area contributed by atoms with Crippen LogP contribution in [-0.2, 0) is 16.1 Å². The Hall–Kier alpha value is -3.48. The maximum absolute atomic E-state index is 12.6. The first-order valence-corrected chi connectivity index (χ1v) is 8.00. The number of hydrogen-bond donors (Lipinski definition) is 2. The van der Waals surface area contributed by atoms with E-state index in [0.29, 0.717) is 28.1 Å². The highest BCUT2D eigenvalue weighted by molar-refractivity contribution is 6.21. The Balaban J connectivity index is 1.95. The third-order valence-corrected chi connectivity index (χ3v) is 3.94. The molecule has 0 atom stereocenters. The summed E-state index contributed by atoms with van der Waals surface area (Å²) in [6.45, 7) is 2.73. The number of hydrogen-bond acceptors (Lipinski definition) is 4. The third kappa shape index (κ3) is 3.32. The number of rotatable bonds is 4. The molecular weight excluding hydrogens is 334 g/mol. The molecule has 0 unspecified atom stereocenters. The van der Waals surface area contributed by atoms with E-state index >= 15 is 0 Å². The van der Waals surface area contributed by atoms with Gasteiger partial charge in [0.2, 0.25) is 11.8 Å². The Labute approximate surface area is 150 Å². The van der Waals surface area contributed by atoms with Gasteiger partial charge in [-0.2, -0.15) is 0 Å². The van der Waals surface area contributed by atoms with Gasteiger partial charge in [0.15, 0.2) is 0 Å². The molecule has 26 heavy (non-hydrogen) atoms. The predicted molar refractivity (Wildman–Crippen MR) is 95.7 cm³/mol. The molecule has 0 bridgehead atoms. The molecule has 0 spiro atoms. The highest BCUT2D eigenvalue weighted by Gasteiger charge is 2.35. The number of benzene rings is 2. The Kier molecular flexibility index (Phi) is 4.53. The second-order valence-corrected chi connectivity index (χ2v) is 5.98. The summed E-state index contributed by atoms with van der Waals surface area (Å²) in [6, 6.07) is 11.5. The highest BCUT2D eigenvalue weighted by atomic mass is 16.2. The van der Waals surface area contributed by atoms with Crippen molar-refractivity contribution in [1.82, 2.24) is 4.90 Å². The lowest BCUT2D eigenvalue weighted by Crippen LogP contribution is -2.29. The van der Waals surface area contributed by atoms with Crippen molar-refractivity contribution < 1.29 is 19.2 Å². The van der Waals surface area contributed by atoms with Crippen LogP contribution in [0.15, 0.2) is 42.5 Å². The van der Waals surface area contributed by atoms with Gasteiger partial charge in [-0.1, -0.05) is 12.1 Å². The minimum atomic E-state index is -0.385. The molecule has 2 aromatic carbocycles. The molecule has 7 nitrogen and oxygen atoms in total. The molecule has 0 aromatic heterocycles. The summed E-state index contributed by atoms with van der Waals surface area (Å²) in [4.78, 5) is 49.0. The van der Waals surface area contributed by atoms with E-state index in [9.17, 15) is 19.2 Å².